The van der Waals surface area contributed by atoms with Gasteiger partial charge in [-0.05, 0) is 13.3 Å². The first kappa shape index (κ1) is 14.3. The zero-order valence-electron chi connectivity index (χ0n) is 10.4. The lowest BCUT2D eigenvalue weighted by molar-refractivity contribution is -0.135. The van der Waals surface area contributed by atoms with Crippen molar-refractivity contribution in [2.75, 3.05) is 26.2 Å². The number of carbonyl (C=O) groups excluding carboxylic acids is 1. The number of hydrogen-bond donors (Lipinski definition) is 1. The fraction of sp³-hybridized carbons (Fsp3) is 0.909. The van der Waals surface area contributed by atoms with Crippen LogP contribution in [0.5, 0.6) is 0 Å². The summed E-state index contributed by atoms with van der Waals surface area (Å²) >= 11 is 0. The molecule has 0 spiro atoms. The minimum atomic E-state index is -2.32. The van der Waals surface area contributed by atoms with Crippen LogP contribution in [-0.2, 0) is 4.79 Å². The number of hydrogen-bond acceptors (Lipinski definition) is 3. The second-order valence-corrected chi connectivity index (χ2v) is 4.52. The predicted octanol–water partition coefficient (Wildman–Crippen LogP) is 0.522. The maximum absolute atomic E-state index is 12.4. The maximum Gasteiger partial charge on any atom is 0.251 e. The van der Waals surface area contributed by atoms with Crippen molar-refractivity contribution in [2.24, 2.45) is 5.73 Å². The Bertz CT molecular complexity index is 261. The number of carbonyl (C=O) groups is 1. The molecule has 0 bridgehead atoms. The Kier molecular flexibility index (Phi) is 5.27. The van der Waals surface area contributed by atoms with Crippen molar-refractivity contribution in [3.8, 4) is 0 Å². The second-order valence-electron chi connectivity index (χ2n) is 4.52. The summed E-state index contributed by atoms with van der Waals surface area (Å²) in [6.45, 7) is 4.88. The number of amides is 1. The van der Waals surface area contributed by atoms with Gasteiger partial charge in [0.15, 0.2) is 0 Å². The Morgan fingerprint density at radius 1 is 1.47 bits per heavy atom. The summed E-state index contributed by atoms with van der Waals surface area (Å²) in [6, 6.07) is -0.505. The Balaban J connectivity index is 2.57. The molecule has 1 saturated heterocycles. The molecule has 1 aliphatic rings. The number of nitrogens with two attached hydrogens (primary N) is 1. The molecule has 6 heteroatoms. The van der Waals surface area contributed by atoms with Gasteiger partial charge in [0.25, 0.3) is 6.43 Å². The quantitative estimate of drug-likeness (QED) is 0.790. The predicted molar refractivity (Wildman–Crippen MR) is 61.9 cm³/mol. The van der Waals surface area contributed by atoms with E-state index in [4.69, 9.17) is 5.73 Å². The highest BCUT2D eigenvalue weighted by atomic mass is 19.3. The maximum atomic E-state index is 12.4. The molecule has 100 valence electrons. The van der Waals surface area contributed by atoms with Gasteiger partial charge in [-0.15, -0.1) is 0 Å². The van der Waals surface area contributed by atoms with Gasteiger partial charge in [-0.1, -0.05) is 6.92 Å². The molecule has 0 aromatic carbocycles. The molecule has 1 amide bonds. The van der Waals surface area contributed by atoms with E-state index in [2.05, 4.69) is 0 Å². The van der Waals surface area contributed by atoms with Gasteiger partial charge < -0.3 is 10.6 Å². The highest BCUT2D eigenvalue weighted by Gasteiger charge is 2.30. The van der Waals surface area contributed by atoms with E-state index < -0.39 is 12.5 Å². The molecule has 1 aliphatic heterocycles. The van der Waals surface area contributed by atoms with Crippen LogP contribution in [0.2, 0.25) is 0 Å². The van der Waals surface area contributed by atoms with Crippen LogP contribution in [0.3, 0.4) is 0 Å². The van der Waals surface area contributed by atoms with Gasteiger partial charge in [-0.3, -0.25) is 9.69 Å². The van der Waals surface area contributed by atoms with Crippen LogP contribution in [0.15, 0.2) is 0 Å². The van der Waals surface area contributed by atoms with Gasteiger partial charge in [0.1, 0.15) is 0 Å². The van der Waals surface area contributed by atoms with Crippen LogP contribution in [0.1, 0.15) is 20.3 Å². The summed E-state index contributed by atoms with van der Waals surface area (Å²) < 4.78 is 24.7. The molecule has 0 aliphatic carbocycles. The standard InChI is InChI=1S/C11H21F2N3O/c1-3-9-6-16(11(17)8(2)14)5-4-15(9)7-10(12)13/h8-10H,3-7,14H2,1-2H3. The van der Waals surface area contributed by atoms with Crippen molar-refractivity contribution in [3.63, 3.8) is 0 Å². The SMILES string of the molecule is CCC1CN(C(=O)C(C)N)CCN1CC(F)F. The van der Waals surface area contributed by atoms with Crippen molar-refractivity contribution in [1.82, 2.24) is 9.80 Å². The van der Waals surface area contributed by atoms with E-state index in [1.165, 1.54) is 0 Å². The third kappa shape index (κ3) is 3.89. The molecular formula is C11H21F2N3O. The van der Waals surface area contributed by atoms with Crippen molar-refractivity contribution in [2.45, 2.75) is 38.8 Å². The van der Waals surface area contributed by atoms with Gasteiger partial charge in [0, 0.05) is 25.7 Å². The molecule has 4 nitrogen and oxygen atoms in total. The molecule has 0 radical (unpaired) electrons. The van der Waals surface area contributed by atoms with Gasteiger partial charge in [0.05, 0.1) is 12.6 Å². The van der Waals surface area contributed by atoms with E-state index in [0.29, 0.717) is 19.6 Å². The van der Waals surface area contributed by atoms with Gasteiger partial charge in [-0.2, -0.15) is 0 Å². The lowest BCUT2D eigenvalue weighted by Gasteiger charge is -2.41. The van der Waals surface area contributed by atoms with Gasteiger partial charge in [0.2, 0.25) is 5.91 Å². The molecule has 17 heavy (non-hydrogen) atoms. The van der Waals surface area contributed by atoms with Gasteiger partial charge >= 0.3 is 0 Å². The largest absolute Gasteiger partial charge is 0.339 e. The molecular weight excluding hydrogens is 228 g/mol. The Labute approximate surface area is 101 Å². The first-order valence-corrected chi connectivity index (χ1v) is 6.02. The number of nitrogens with zero attached hydrogens (tertiary/aromatic N) is 2. The molecule has 2 unspecified atom stereocenters. The highest BCUT2D eigenvalue weighted by Crippen LogP contribution is 2.15. The minimum absolute atomic E-state index is 0.0143. The van der Waals surface area contributed by atoms with Crippen LogP contribution < -0.4 is 5.73 Å². The first-order valence-electron chi connectivity index (χ1n) is 6.02. The Hall–Kier alpha value is -0.750. The molecule has 0 saturated carbocycles. The number of alkyl halides is 2. The van der Waals surface area contributed by atoms with Crippen molar-refractivity contribution in [1.29, 1.82) is 0 Å². The van der Waals surface area contributed by atoms with Crippen molar-refractivity contribution in [3.05, 3.63) is 0 Å². The average Bonchev–Trinajstić information content (AvgIpc) is 2.27. The lowest BCUT2D eigenvalue weighted by Crippen LogP contribution is -2.57. The summed E-state index contributed by atoms with van der Waals surface area (Å²) in [4.78, 5) is 15.2. The second kappa shape index (κ2) is 6.26. The number of piperazine rings is 1. The number of rotatable bonds is 4. The zero-order chi connectivity index (χ0) is 13.0. The molecule has 1 heterocycles. The third-order valence-electron chi connectivity index (χ3n) is 3.15. The fourth-order valence-electron chi connectivity index (χ4n) is 2.19. The highest BCUT2D eigenvalue weighted by molar-refractivity contribution is 5.81. The first-order chi connectivity index (χ1) is 7.95. The van der Waals surface area contributed by atoms with E-state index in [1.54, 1.807) is 16.7 Å². The molecule has 1 fully saturated rings. The van der Waals surface area contributed by atoms with Crippen LogP contribution in [-0.4, -0.2) is 60.4 Å². The average molecular weight is 249 g/mol. The summed E-state index contributed by atoms with van der Waals surface area (Å²) in [6.07, 6.45) is -1.56. The van der Waals surface area contributed by atoms with Gasteiger partial charge in [-0.25, -0.2) is 8.78 Å². The monoisotopic (exact) mass is 249 g/mol. The van der Waals surface area contributed by atoms with Crippen LogP contribution in [0.25, 0.3) is 0 Å². The Morgan fingerprint density at radius 2 is 2.12 bits per heavy atom. The molecule has 1 rings (SSSR count). The third-order valence-corrected chi connectivity index (χ3v) is 3.15. The summed E-state index contributed by atoms with van der Waals surface area (Å²) in [7, 11) is 0. The van der Waals surface area contributed by atoms with E-state index in [0.717, 1.165) is 6.42 Å². The summed E-state index contributed by atoms with van der Waals surface area (Å²) in [5.41, 5.74) is 5.54. The zero-order valence-corrected chi connectivity index (χ0v) is 10.4. The van der Waals surface area contributed by atoms with Crippen molar-refractivity contribution >= 4 is 5.91 Å². The van der Waals surface area contributed by atoms with E-state index >= 15 is 0 Å². The van der Waals surface area contributed by atoms with Crippen LogP contribution in [0, 0.1) is 0 Å². The Morgan fingerprint density at radius 3 is 2.59 bits per heavy atom. The van der Waals surface area contributed by atoms with Crippen LogP contribution >= 0.6 is 0 Å². The minimum Gasteiger partial charge on any atom is -0.339 e. The number of halogens is 2. The van der Waals surface area contributed by atoms with E-state index in [1.807, 2.05) is 6.92 Å². The van der Waals surface area contributed by atoms with E-state index in [9.17, 15) is 13.6 Å². The summed E-state index contributed by atoms with van der Waals surface area (Å²) in [5.74, 6) is -0.0971. The molecule has 2 N–H and O–H groups in total. The lowest BCUT2D eigenvalue weighted by atomic mass is 10.1. The van der Waals surface area contributed by atoms with Crippen molar-refractivity contribution < 1.29 is 13.6 Å². The van der Waals surface area contributed by atoms with Crippen LogP contribution in [0.4, 0.5) is 8.78 Å². The smallest absolute Gasteiger partial charge is 0.251 e. The van der Waals surface area contributed by atoms with E-state index in [-0.39, 0.29) is 18.5 Å². The molecule has 0 aromatic rings. The normalized spacial score (nSPS) is 24.1. The molecule has 2 atom stereocenters. The topological polar surface area (TPSA) is 49.6 Å². The molecule has 0 aromatic heterocycles. The summed E-state index contributed by atoms with van der Waals surface area (Å²) in [5, 5.41) is 0. The fourth-order valence-corrected chi connectivity index (χ4v) is 2.19.